The number of rotatable bonds is 6. The van der Waals surface area contributed by atoms with Crippen molar-refractivity contribution < 1.29 is 18.3 Å². The minimum atomic E-state index is -3.34. The quantitative estimate of drug-likeness (QED) is 0.718. The summed E-state index contributed by atoms with van der Waals surface area (Å²) in [5, 5.41) is 11.6. The van der Waals surface area contributed by atoms with Gasteiger partial charge in [-0.3, -0.25) is 4.79 Å². The number of aliphatic hydroxyl groups excluding tert-OH is 1. The maximum atomic E-state index is 12.1. The van der Waals surface area contributed by atoms with Crippen LogP contribution in [0, 0.1) is 5.92 Å². The summed E-state index contributed by atoms with van der Waals surface area (Å²) in [6.07, 6.45) is 4.02. The molecule has 1 rings (SSSR count). The fraction of sp³-hybridized carbons (Fsp3) is 0.917. The van der Waals surface area contributed by atoms with Crippen LogP contribution in [0.1, 0.15) is 32.6 Å². The highest BCUT2D eigenvalue weighted by Gasteiger charge is 2.34. The molecule has 0 aromatic rings. The van der Waals surface area contributed by atoms with Crippen molar-refractivity contribution in [3.8, 4) is 0 Å². The summed E-state index contributed by atoms with van der Waals surface area (Å²) in [6, 6.07) is -0.579. The van der Waals surface area contributed by atoms with Gasteiger partial charge in [0.1, 0.15) is 6.04 Å². The molecule has 0 aromatic heterocycles. The average Bonchev–Trinajstić information content (AvgIpc) is 2.35. The van der Waals surface area contributed by atoms with Crippen LogP contribution in [0.4, 0.5) is 0 Å². The Kier molecular flexibility index (Phi) is 6.22. The van der Waals surface area contributed by atoms with Gasteiger partial charge >= 0.3 is 0 Å². The summed E-state index contributed by atoms with van der Waals surface area (Å²) in [5.41, 5.74) is 0. The van der Waals surface area contributed by atoms with Crippen molar-refractivity contribution in [3.05, 3.63) is 0 Å². The number of aliphatic hydroxyl groups is 1. The number of piperidine rings is 1. The van der Waals surface area contributed by atoms with Gasteiger partial charge in [-0.05, 0) is 25.2 Å². The maximum absolute atomic E-state index is 12.1. The Morgan fingerprint density at radius 1 is 1.47 bits per heavy atom. The lowest BCUT2D eigenvalue weighted by Gasteiger charge is -2.32. The summed E-state index contributed by atoms with van der Waals surface area (Å²) in [6.45, 7) is 2.91. The monoisotopic (exact) mass is 292 g/mol. The molecular weight excluding hydrogens is 268 g/mol. The molecule has 1 heterocycles. The van der Waals surface area contributed by atoms with Gasteiger partial charge in [0.15, 0.2) is 0 Å². The van der Waals surface area contributed by atoms with Crippen molar-refractivity contribution in [2.45, 2.75) is 38.6 Å². The summed E-state index contributed by atoms with van der Waals surface area (Å²) in [4.78, 5) is 12.1. The van der Waals surface area contributed by atoms with E-state index in [1.165, 1.54) is 4.31 Å². The highest BCUT2D eigenvalue weighted by Crippen LogP contribution is 2.20. The van der Waals surface area contributed by atoms with Gasteiger partial charge < -0.3 is 10.4 Å². The Balaban J connectivity index is 2.58. The van der Waals surface area contributed by atoms with Crippen molar-refractivity contribution >= 4 is 15.9 Å². The number of carbonyl (C=O) groups is 1. The molecule has 1 aliphatic rings. The van der Waals surface area contributed by atoms with Gasteiger partial charge in [0, 0.05) is 19.7 Å². The molecule has 0 aliphatic carbocycles. The number of hydrogen-bond donors (Lipinski definition) is 2. The van der Waals surface area contributed by atoms with Crippen molar-refractivity contribution in [2.75, 3.05) is 26.0 Å². The molecule has 7 heteroatoms. The molecule has 2 unspecified atom stereocenters. The molecule has 2 atom stereocenters. The van der Waals surface area contributed by atoms with Gasteiger partial charge in [0.2, 0.25) is 15.9 Å². The van der Waals surface area contributed by atoms with Crippen molar-refractivity contribution in [2.24, 2.45) is 5.92 Å². The van der Waals surface area contributed by atoms with Crippen LogP contribution in [0.3, 0.4) is 0 Å². The second-order valence-corrected chi connectivity index (χ2v) is 7.18. The number of nitrogens with one attached hydrogen (secondary N) is 1. The SMILES string of the molecule is CC(CCO)CNC(=O)C1CCCCN1S(C)(=O)=O. The highest BCUT2D eigenvalue weighted by atomic mass is 32.2. The first-order valence-electron chi connectivity index (χ1n) is 6.71. The Hall–Kier alpha value is -0.660. The summed E-state index contributed by atoms with van der Waals surface area (Å²) in [7, 11) is -3.34. The molecule has 6 nitrogen and oxygen atoms in total. The molecule has 0 radical (unpaired) electrons. The highest BCUT2D eigenvalue weighted by molar-refractivity contribution is 7.88. The van der Waals surface area contributed by atoms with E-state index >= 15 is 0 Å². The fourth-order valence-corrected chi connectivity index (χ4v) is 3.40. The smallest absolute Gasteiger partial charge is 0.238 e. The first-order valence-corrected chi connectivity index (χ1v) is 8.56. The van der Waals surface area contributed by atoms with Gasteiger partial charge in [-0.25, -0.2) is 8.42 Å². The van der Waals surface area contributed by atoms with E-state index in [0.717, 1.165) is 19.1 Å². The molecule has 1 aliphatic heterocycles. The Morgan fingerprint density at radius 3 is 2.74 bits per heavy atom. The Bertz CT molecular complexity index is 397. The minimum Gasteiger partial charge on any atom is -0.396 e. The molecule has 112 valence electrons. The van der Waals surface area contributed by atoms with E-state index in [0.29, 0.717) is 25.9 Å². The predicted octanol–water partition coefficient (Wildman–Crippen LogP) is -0.0648. The Morgan fingerprint density at radius 2 is 2.16 bits per heavy atom. The van der Waals surface area contributed by atoms with Crippen molar-refractivity contribution in [3.63, 3.8) is 0 Å². The first-order chi connectivity index (χ1) is 8.86. The zero-order valence-electron chi connectivity index (χ0n) is 11.6. The second kappa shape index (κ2) is 7.21. The van der Waals surface area contributed by atoms with Crippen LogP contribution in [-0.4, -0.2) is 55.7 Å². The van der Waals surface area contributed by atoms with Gasteiger partial charge in [0.05, 0.1) is 6.26 Å². The number of hydrogen-bond acceptors (Lipinski definition) is 4. The van der Waals surface area contributed by atoms with Crippen LogP contribution >= 0.6 is 0 Å². The lowest BCUT2D eigenvalue weighted by molar-refractivity contribution is -0.125. The molecule has 19 heavy (non-hydrogen) atoms. The number of amides is 1. The summed E-state index contributed by atoms with van der Waals surface area (Å²) >= 11 is 0. The van der Waals surface area contributed by atoms with Gasteiger partial charge in [-0.15, -0.1) is 0 Å². The molecule has 1 fully saturated rings. The zero-order valence-corrected chi connectivity index (χ0v) is 12.4. The normalized spacial score (nSPS) is 23.0. The molecule has 1 saturated heterocycles. The van der Waals surface area contributed by atoms with E-state index in [2.05, 4.69) is 5.32 Å². The molecular formula is C12H24N2O4S. The lowest BCUT2D eigenvalue weighted by atomic mass is 10.0. The van der Waals surface area contributed by atoms with Crippen LogP contribution < -0.4 is 5.32 Å². The van der Waals surface area contributed by atoms with E-state index in [4.69, 9.17) is 5.11 Å². The topological polar surface area (TPSA) is 86.7 Å². The lowest BCUT2D eigenvalue weighted by Crippen LogP contribution is -2.52. The molecule has 0 saturated carbocycles. The molecule has 0 bridgehead atoms. The van der Waals surface area contributed by atoms with E-state index in [1.54, 1.807) is 0 Å². The van der Waals surface area contributed by atoms with Gasteiger partial charge in [-0.1, -0.05) is 13.3 Å². The van der Waals surface area contributed by atoms with Crippen LogP contribution in [0.2, 0.25) is 0 Å². The maximum Gasteiger partial charge on any atom is 0.238 e. The predicted molar refractivity (Wildman–Crippen MR) is 73.1 cm³/mol. The van der Waals surface area contributed by atoms with E-state index < -0.39 is 16.1 Å². The summed E-state index contributed by atoms with van der Waals surface area (Å²) in [5.74, 6) is -0.0425. The van der Waals surface area contributed by atoms with E-state index in [-0.39, 0.29) is 18.4 Å². The minimum absolute atomic E-state index is 0.0932. The van der Waals surface area contributed by atoms with Gasteiger partial charge in [0.25, 0.3) is 0 Å². The van der Waals surface area contributed by atoms with Crippen LogP contribution in [0.25, 0.3) is 0 Å². The number of nitrogens with zero attached hydrogens (tertiary/aromatic N) is 1. The molecule has 0 aromatic carbocycles. The first kappa shape index (κ1) is 16.4. The molecule has 2 N–H and O–H groups in total. The largest absolute Gasteiger partial charge is 0.396 e. The van der Waals surface area contributed by atoms with E-state index in [1.807, 2.05) is 6.92 Å². The summed E-state index contributed by atoms with van der Waals surface area (Å²) < 4.78 is 24.6. The Labute approximate surface area is 115 Å². The van der Waals surface area contributed by atoms with Crippen molar-refractivity contribution in [1.29, 1.82) is 0 Å². The third-order valence-electron chi connectivity index (χ3n) is 3.43. The van der Waals surface area contributed by atoms with Gasteiger partial charge in [-0.2, -0.15) is 4.31 Å². The third kappa shape index (κ3) is 5.08. The van der Waals surface area contributed by atoms with Crippen molar-refractivity contribution in [1.82, 2.24) is 9.62 Å². The van der Waals surface area contributed by atoms with Crippen LogP contribution in [-0.2, 0) is 14.8 Å². The average molecular weight is 292 g/mol. The second-order valence-electron chi connectivity index (χ2n) is 5.25. The number of sulfonamides is 1. The third-order valence-corrected chi connectivity index (χ3v) is 4.72. The zero-order chi connectivity index (χ0) is 14.5. The fourth-order valence-electron chi connectivity index (χ4n) is 2.28. The number of carbonyl (C=O) groups excluding carboxylic acids is 1. The van der Waals surface area contributed by atoms with Crippen LogP contribution in [0.15, 0.2) is 0 Å². The standard InChI is InChI=1S/C12H24N2O4S/c1-10(6-8-15)9-13-12(16)11-5-3-4-7-14(11)19(2,17)18/h10-11,15H,3-9H2,1-2H3,(H,13,16). The molecule has 1 amide bonds. The van der Waals surface area contributed by atoms with E-state index in [9.17, 15) is 13.2 Å². The molecule has 0 spiro atoms. The van der Waals surface area contributed by atoms with Crippen LogP contribution in [0.5, 0.6) is 0 Å².